The van der Waals surface area contributed by atoms with Gasteiger partial charge in [0.2, 0.25) is 0 Å². The second kappa shape index (κ2) is 7.58. The van der Waals surface area contributed by atoms with Gasteiger partial charge in [-0.1, -0.05) is 47.1 Å². The van der Waals surface area contributed by atoms with Crippen LogP contribution in [0.2, 0.25) is 10.0 Å². The number of nitrogens with one attached hydrogen (secondary N) is 1. The molecule has 2 aromatic carbocycles. The molecule has 1 N–H and O–H groups in total. The monoisotopic (exact) mass is 408 g/mol. The molecule has 1 aliphatic rings. The number of hydrazine groups is 1. The number of benzene rings is 2. The number of halogens is 2. The van der Waals surface area contributed by atoms with Gasteiger partial charge >= 0.3 is 0 Å². The minimum atomic E-state index is -0.444. The van der Waals surface area contributed by atoms with Gasteiger partial charge in [-0.2, -0.15) is 5.01 Å². The molecule has 0 spiro atoms. The molecule has 1 heterocycles. The van der Waals surface area contributed by atoms with Crippen LogP contribution in [-0.4, -0.2) is 21.1 Å². The summed E-state index contributed by atoms with van der Waals surface area (Å²) in [4.78, 5) is 25.2. The van der Waals surface area contributed by atoms with E-state index in [2.05, 4.69) is 5.43 Å². The van der Waals surface area contributed by atoms with E-state index in [0.29, 0.717) is 20.5 Å². The van der Waals surface area contributed by atoms with Crippen LogP contribution in [0.3, 0.4) is 0 Å². The van der Waals surface area contributed by atoms with Crippen LogP contribution in [0.1, 0.15) is 15.9 Å². The Kier molecular flexibility index (Phi) is 5.44. The Bertz CT molecular complexity index is 881. The molecule has 2 amide bonds. The molecule has 1 aliphatic heterocycles. The van der Waals surface area contributed by atoms with Crippen molar-refractivity contribution in [2.75, 3.05) is 0 Å². The number of thioether (sulfide) groups is 1. The van der Waals surface area contributed by atoms with E-state index < -0.39 is 5.91 Å². The Balaban J connectivity index is 1.76. The molecule has 0 bridgehead atoms. The SMILES string of the molecule is O=C(NN1C(=O)C(=Cc2ccc(Cl)cc2)SC1=S)c1ccc(Cl)cc1. The highest BCUT2D eigenvalue weighted by Crippen LogP contribution is 2.31. The average molecular weight is 409 g/mol. The van der Waals surface area contributed by atoms with Gasteiger partial charge in [-0.25, -0.2) is 0 Å². The van der Waals surface area contributed by atoms with Crippen molar-refractivity contribution in [2.45, 2.75) is 0 Å². The summed E-state index contributed by atoms with van der Waals surface area (Å²) in [7, 11) is 0. The molecule has 126 valence electrons. The molecule has 0 radical (unpaired) electrons. The second-order valence-electron chi connectivity index (χ2n) is 5.02. The van der Waals surface area contributed by atoms with E-state index in [0.717, 1.165) is 22.3 Å². The van der Waals surface area contributed by atoms with Gasteiger partial charge in [-0.15, -0.1) is 0 Å². The van der Waals surface area contributed by atoms with Gasteiger partial charge in [0, 0.05) is 15.6 Å². The Morgan fingerprint density at radius 2 is 1.60 bits per heavy atom. The fourth-order valence-electron chi connectivity index (χ4n) is 2.04. The van der Waals surface area contributed by atoms with E-state index in [1.807, 2.05) is 0 Å². The number of carbonyl (C=O) groups is 2. The number of rotatable bonds is 3. The molecule has 1 fully saturated rings. The summed E-state index contributed by atoms with van der Waals surface area (Å²) in [6.07, 6.45) is 1.70. The van der Waals surface area contributed by atoms with Gasteiger partial charge in [0.1, 0.15) is 0 Å². The molecule has 25 heavy (non-hydrogen) atoms. The fourth-order valence-corrected chi connectivity index (χ4v) is 3.47. The van der Waals surface area contributed by atoms with Crippen LogP contribution in [-0.2, 0) is 4.79 Å². The Morgan fingerprint density at radius 3 is 2.20 bits per heavy atom. The second-order valence-corrected chi connectivity index (χ2v) is 7.57. The van der Waals surface area contributed by atoms with Crippen LogP contribution in [0, 0.1) is 0 Å². The predicted molar refractivity (Wildman–Crippen MR) is 105 cm³/mol. The van der Waals surface area contributed by atoms with E-state index in [9.17, 15) is 9.59 Å². The van der Waals surface area contributed by atoms with Crippen LogP contribution >= 0.6 is 47.2 Å². The normalized spacial score (nSPS) is 15.8. The van der Waals surface area contributed by atoms with Gasteiger partial charge < -0.3 is 0 Å². The Hall–Kier alpha value is -1.86. The maximum Gasteiger partial charge on any atom is 0.285 e. The van der Waals surface area contributed by atoms with Crippen LogP contribution in [0.4, 0.5) is 0 Å². The van der Waals surface area contributed by atoms with Gasteiger partial charge in [0.05, 0.1) is 4.91 Å². The van der Waals surface area contributed by atoms with Gasteiger partial charge in [0.15, 0.2) is 4.32 Å². The molecule has 0 saturated carbocycles. The number of amides is 2. The topological polar surface area (TPSA) is 49.4 Å². The zero-order chi connectivity index (χ0) is 18.0. The summed E-state index contributed by atoms with van der Waals surface area (Å²) < 4.78 is 0.257. The number of carbonyl (C=O) groups excluding carboxylic acids is 2. The van der Waals surface area contributed by atoms with E-state index in [1.54, 1.807) is 54.6 Å². The largest absolute Gasteiger partial charge is 0.285 e. The van der Waals surface area contributed by atoms with E-state index in [4.69, 9.17) is 35.4 Å². The maximum atomic E-state index is 12.5. The third kappa shape index (κ3) is 4.22. The van der Waals surface area contributed by atoms with Crippen molar-refractivity contribution in [2.24, 2.45) is 0 Å². The summed E-state index contributed by atoms with van der Waals surface area (Å²) in [5.74, 6) is -0.826. The molecule has 0 aliphatic carbocycles. The first-order valence-corrected chi connectivity index (χ1v) is 9.02. The van der Waals surface area contributed by atoms with Gasteiger partial charge in [-0.05, 0) is 60.3 Å². The van der Waals surface area contributed by atoms with Crippen LogP contribution in [0.25, 0.3) is 6.08 Å². The summed E-state index contributed by atoms with van der Waals surface area (Å²) in [6, 6.07) is 13.4. The van der Waals surface area contributed by atoms with Crippen molar-refractivity contribution in [3.05, 3.63) is 74.6 Å². The van der Waals surface area contributed by atoms with Crippen molar-refractivity contribution in [1.29, 1.82) is 0 Å². The highest BCUT2D eigenvalue weighted by Gasteiger charge is 2.33. The lowest BCUT2D eigenvalue weighted by Gasteiger charge is -2.15. The van der Waals surface area contributed by atoms with Crippen LogP contribution in [0.5, 0.6) is 0 Å². The molecule has 4 nitrogen and oxygen atoms in total. The number of nitrogens with zero attached hydrogens (tertiary/aromatic N) is 1. The Labute approximate surface area is 163 Å². The minimum absolute atomic E-state index is 0.257. The zero-order valence-corrected chi connectivity index (χ0v) is 15.7. The van der Waals surface area contributed by atoms with E-state index in [-0.39, 0.29) is 10.2 Å². The quantitative estimate of drug-likeness (QED) is 0.598. The first-order valence-electron chi connectivity index (χ1n) is 7.04. The lowest BCUT2D eigenvalue weighted by molar-refractivity contribution is -0.123. The molecule has 0 atom stereocenters. The third-order valence-electron chi connectivity index (χ3n) is 3.28. The first kappa shape index (κ1) is 17.9. The third-order valence-corrected chi connectivity index (χ3v) is 5.09. The average Bonchev–Trinajstić information content (AvgIpc) is 2.85. The van der Waals surface area contributed by atoms with E-state index in [1.165, 1.54) is 0 Å². The first-order chi connectivity index (χ1) is 11.9. The molecular weight excluding hydrogens is 399 g/mol. The van der Waals surface area contributed by atoms with Gasteiger partial charge in [0.25, 0.3) is 11.8 Å². The zero-order valence-electron chi connectivity index (χ0n) is 12.5. The van der Waals surface area contributed by atoms with E-state index >= 15 is 0 Å². The van der Waals surface area contributed by atoms with Crippen molar-refractivity contribution in [3.63, 3.8) is 0 Å². The number of hydrogen-bond acceptors (Lipinski definition) is 4. The van der Waals surface area contributed by atoms with Gasteiger partial charge in [-0.3, -0.25) is 15.0 Å². The molecular formula is C17H10Cl2N2O2S2. The number of hydrogen-bond donors (Lipinski definition) is 1. The lowest BCUT2D eigenvalue weighted by Crippen LogP contribution is -2.44. The fraction of sp³-hybridized carbons (Fsp3) is 0. The lowest BCUT2D eigenvalue weighted by atomic mass is 10.2. The highest BCUT2D eigenvalue weighted by molar-refractivity contribution is 8.26. The molecule has 0 aromatic heterocycles. The predicted octanol–water partition coefficient (Wildman–Crippen LogP) is 4.54. The standard InChI is InChI=1S/C17H10Cl2N2O2S2/c18-12-5-1-10(2-6-12)9-14-16(23)21(17(24)25-14)20-15(22)11-3-7-13(19)8-4-11/h1-9H,(H,20,22). The summed E-state index contributed by atoms with van der Waals surface area (Å²) >= 11 is 18.0. The molecule has 3 rings (SSSR count). The van der Waals surface area contributed by atoms with Crippen molar-refractivity contribution in [3.8, 4) is 0 Å². The summed E-state index contributed by atoms with van der Waals surface area (Å²) in [5.41, 5.74) is 3.71. The molecule has 1 saturated heterocycles. The van der Waals surface area contributed by atoms with Crippen molar-refractivity contribution >= 4 is 69.4 Å². The molecule has 8 heteroatoms. The van der Waals surface area contributed by atoms with Crippen LogP contribution in [0.15, 0.2) is 53.4 Å². The molecule has 2 aromatic rings. The maximum absolute atomic E-state index is 12.5. The van der Waals surface area contributed by atoms with Crippen molar-refractivity contribution in [1.82, 2.24) is 10.4 Å². The summed E-state index contributed by atoms with van der Waals surface area (Å²) in [5, 5.41) is 2.20. The van der Waals surface area contributed by atoms with Crippen molar-refractivity contribution < 1.29 is 9.59 Å². The number of thiocarbonyl (C=S) groups is 1. The minimum Gasteiger partial charge on any atom is -0.267 e. The van der Waals surface area contributed by atoms with Crippen LogP contribution < -0.4 is 5.43 Å². The smallest absolute Gasteiger partial charge is 0.267 e. The molecule has 0 unspecified atom stereocenters. The highest BCUT2D eigenvalue weighted by atomic mass is 35.5. The summed E-state index contributed by atoms with van der Waals surface area (Å²) in [6.45, 7) is 0. The Morgan fingerprint density at radius 1 is 1.04 bits per heavy atom.